The topological polar surface area (TPSA) is 60.7 Å². The molecule has 0 fully saturated rings. The number of aliphatic hydroxyl groups is 1. The van der Waals surface area contributed by atoms with Crippen LogP contribution in [0.15, 0.2) is 36.4 Å². The van der Waals surface area contributed by atoms with Crippen LogP contribution >= 0.6 is 23.2 Å². The predicted octanol–water partition coefficient (Wildman–Crippen LogP) is 5.71. The van der Waals surface area contributed by atoms with Gasteiger partial charge in [-0.25, -0.2) is 0 Å². The lowest BCUT2D eigenvalue weighted by Crippen LogP contribution is -1.86. The van der Waals surface area contributed by atoms with E-state index in [1.54, 1.807) is 30.3 Å². The van der Waals surface area contributed by atoms with Crippen LogP contribution in [0.3, 0.4) is 0 Å². The maximum absolute atomic E-state index is 9.49. The molecule has 0 saturated carbocycles. The summed E-state index contributed by atoms with van der Waals surface area (Å²) >= 11 is 11.3. The largest absolute Gasteiger partial charge is 0.508 e. The van der Waals surface area contributed by atoms with Gasteiger partial charge in [-0.15, -0.1) is 0 Å². The molecule has 3 nitrogen and oxygen atoms in total. The first kappa shape index (κ1) is 20.6. The Bertz CT molecular complexity index is 630. The number of aryl methyl sites for hydroxylation is 1. The average Bonchev–Trinajstić information content (AvgIpc) is 2.54. The minimum absolute atomic E-state index is 0.0456. The van der Waals surface area contributed by atoms with Crippen molar-refractivity contribution in [2.24, 2.45) is 0 Å². The second-order valence-corrected chi connectivity index (χ2v) is 6.36. The number of phenolic OH excluding ortho intramolecular Hbond substituents is 2. The standard InChI is InChI=1S/C12H18O2.C7H6Cl2O/c1-2-3-4-5-6-10-7-8-11(13)9-12(10)14;8-6-2-1-5(4-10)7(9)3-6/h7-9,13-14H,2-6H2,1H3;1-3,10H,4H2. The molecule has 0 saturated heterocycles. The third-order valence-electron chi connectivity index (χ3n) is 3.55. The number of hydrogen-bond donors (Lipinski definition) is 3. The van der Waals surface area contributed by atoms with Crippen LogP contribution in [-0.2, 0) is 13.0 Å². The monoisotopic (exact) mass is 370 g/mol. The van der Waals surface area contributed by atoms with Crippen LogP contribution < -0.4 is 0 Å². The molecule has 0 radical (unpaired) electrons. The van der Waals surface area contributed by atoms with E-state index < -0.39 is 0 Å². The Labute approximate surface area is 153 Å². The maximum Gasteiger partial charge on any atom is 0.122 e. The summed E-state index contributed by atoms with van der Waals surface area (Å²) < 4.78 is 0. The third-order valence-corrected chi connectivity index (χ3v) is 4.14. The fraction of sp³-hybridized carbons (Fsp3) is 0.368. The number of halogens is 2. The number of aliphatic hydroxyl groups excluding tert-OH is 1. The Kier molecular flexibility index (Phi) is 9.62. The van der Waals surface area contributed by atoms with Gasteiger partial charge in [0.25, 0.3) is 0 Å². The van der Waals surface area contributed by atoms with E-state index in [1.165, 1.54) is 25.3 Å². The maximum atomic E-state index is 9.49. The lowest BCUT2D eigenvalue weighted by molar-refractivity contribution is 0.282. The summed E-state index contributed by atoms with van der Waals surface area (Å²) in [6.07, 6.45) is 5.68. The van der Waals surface area contributed by atoms with Gasteiger partial charge in [-0.05, 0) is 42.2 Å². The van der Waals surface area contributed by atoms with Gasteiger partial charge in [0.2, 0.25) is 0 Å². The number of benzene rings is 2. The third kappa shape index (κ3) is 7.43. The molecule has 0 aliphatic carbocycles. The van der Waals surface area contributed by atoms with Crippen LogP contribution in [0.25, 0.3) is 0 Å². The Morgan fingerprint density at radius 1 is 0.875 bits per heavy atom. The van der Waals surface area contributed by atoms with Gasteiger partial charge >= 0.3 is 0 Å². The van der Waals surface area contributed by atoms with Crippen molar-refractivity contribution < 1.29 is 15.3 Å². The number of unbranched alkanes of at least 4 members (excludes halogenated alkanes) is 3. The molecule has 0 atom stereocenters. The molecule has 24 heavy (non-hydrogen) atoms. The van der Waals surface area contributed by atoms with Crippen molar-refractivity contribution >= 4 is 23.2 Å². The number of rotatable bonds is 6. The van der Waals surface area contributed by atoms with Crippen LogP contribution in [0.1, 0.15) is 43.7 Å². The van der Waals surface area contributed by atoms with E-state index in [9.17, 15) is 5.11 Å². The van der Waals surface area contributed by atoms with E-state index >= 15 is 0 Å². The molecule has 2 aromatic carbocycles. The SMILES string of the molecule is CCCCCCc1ccc(O)cc1O.OCc1ccc(Cl)cc1Cl. The molecule has 3 N–H and O–H groups in total. The van der Waals surface area contributed by atoms with Crippen LogP contribution in [0.4, 0.5) is 0 Å². The first-order valence-corrected chi connectivity index (χ1v) is 8.79. The highest BCUT2D eigenvalue weighted by Gasteiger charge is 2.01. The summed E-state index contributed by atoms with van der Waals surface area (Å²) in [4.78, 5) is 0. The van der Waals surface area contributed by atoms with E-state index in [-0.39, 0.29) is 18.1 Å². The van der Waals surface area contributed by atoms with Crippen LogP contribution in [0.2, 0.25) is 10.0 Å². The van der Waals surface area contributed by atoms with Gasteiger partial charge < -0.3 is 15.3 Å². The van der Waals surface area contributed by atoms with Crippen molar-refractivity contribution in [3.63, 3.8) is 0 Å². The molecular formula is C19H24Cl2O3. The fourth-order valence-electron chi connectivity index (χ4n) is 2.16. The molecule has 0 aliphatic heterocycles. The first-order chi connectivity index (χ1) is 11.5. The van der Waals surface area contributed by atoms with Crippen molar-refractivity contribution in [3.8, 4) is 11.5 Å². The van der Waals surface area contributed by atoms with Crippen molar-refractivity contribution in [1.29, 1.82) is 0 Å². The second kappa shape index (κ2) is 11.2. The van der Waals surface area contributed by atoms with Gasteiger partial charge in [-0.2, -0.15) is 0 Å². The van der Waals surface area contributed by atoms with Gasteiger partial charge in [0.1, 0.15) is 11.5 Å². The average molecular weight is 371 g/mol. The fourth-order valence-corrected chi connectivity index (χ4v) is 2.62. The van der Waals surface area contributed by atoms with E-state index in [2.05, 4.69) is 6.92 Å². The molecule has 0 heterocycles. The summed E-state index contributed by atoms with van der Waals surface area (Å²) in [6.45, 7) is 2.13. The van der Waals surface area contributed by atoms with Gasteiger partial charge in [0.05, 0.1) is 6.61 Å². The molecule has 132 valence electrons. The van der Waals surface area contributed by atoms with E-state index in [0.29, 0.717) is 15.6 Å². The Balaban J connectivity index is 0.000000254. The summed E-state index contributed by atoms with van der Waals surface area (Å²) in [7, 11) is 0. The quantitative estimate of drug-likeness (QED) is 0.570. The van der Waals surface area contributed by atoms with Gasteiger partial charge in [0, 0.05) is 16.1 Å². The summed E-state index contributed by atoms with van der Waals surface area (Å²) in [6, 6.07) is 9.80. The van der Waals surface area contributed by atoms with Gasteiger partial charge in [0.15, 0.2) is 0 Å². The van der Waals surface area contributed by atoms with Crippen LogP contribution in [0, 0.1) is 0 Å². The number of hydrogen-bond acceptors (Lipinski definition) is 3. The molecule has 0 unspecified atom stereocenters. The van der Waals surface area contributed by atoms with Crippen molar-refractivity contribution in [3.05, 3.63) is 57.6 Å². The molecule has 0 bridgehead atoms. The first-order valence-electron chi connectivity index (χ1n) is 8.03. The lowest BCUT2D eigenvalue weighted by atomic mass is 10.1. The predicted molar refractivity (Wildman–Crippen MR) is 100 cm³/mol. The normalized spacial score (nSPS) is 10.2. The molecular weight excluding hydrogens is 347 g/mol. The molecule has 2 aromatic rings. The highest BCUT2D eigenvalue weighted by atomic mass is 35.5. The molecule has 0 spiro atoms. The molecule has 0 aromatic heterocycles. The van der Waals surface area contributed by atoms with Crippen LogP contribution in [-0.4, -0.2) is 15.3 Å². The van der Waals surface area contributed by atoms with Gasteiger partial charge in [-0.1, -0.05) is 61.5 Å². The van der Waals surface area contributed by atoms with Crippen molar-refractivity contribution in [2.45, 2.75) is 45.6 Å². The van der Waals surface area contributed by atoms with Crippen molar-refractivity contribution in [1.82, 2.24) is 0 Å². The minimum Gasteiger partial charge on any atom is -0.508 e. The van der Waals surface area contributed by atoms with E-state index in [0.717, 1.165) is 18.4 Å². The summed E-state index contributed by atoms with van der Waals surface area (Å²) in [5.74, 6) is 0.335. The zero-order valence-corrected chi connectivity index (χ0v) is 15.3. The van der Waals surface area contributed by atoms with Crippen LogP contribution in [0.5, 0.6) is 11.5 Å². The number of phenols is 2. The van der Waals surface area contributed by atoms with Gasteiger partial charge in [-0.3, -0.25) is 0 Å². The highest BCUT2D eigenvalue weighted by molar-refractivity contribution is 6.35. The molecule has 2 rings (SSSR count). The number of aromatic hydroxyl groups is 2. The zero-order chi connectivity index (χ0) is 17.9. The summed E-state index contributed by atoms with van der Waals surface area (Å²) in [5.41, 5.74) is 1.63. The van der Waals surface area contributed by atoms with Crippen molar-refractivity contribution in [2.75, 3.05) is 0 Å². The molecule has 0 amide bonds. The minimum atomic E-state index is -0.0456. The zero-order valence-electron chi connectivity index (χ0n) is 13.8. The lowest BCUT2D eigenvalue weighted by Gasteiger charge is -2.04. The molecule has 0 aliphatic rings. The second-order valence-electron chi connectivity index (χ2n) is 5.52. The van der Waals surface area contributed by atoms with E-state index in [1.807, 2.05) is 0 Å². The summed E-state index contributed by atoms with van der Waals surface area (Å²) in [5, 5.41) is 28.4. The Hall–Kier alpha value is -1.42. The highest BCUT2D eigenvalue weighted by Crippen LogP contribution is 2.24. The smallest absolute Gasteiger partial charge is 0.122 e. The Morgan fingerprint density at radius 3 is 2.17 bits per heavy atom. The van der Waals surface area contributed by atoms with E-state index in [4.69, 9.17) is 33.4 Å². The molecule has 5 heteroatoms. The Morgan fingerprint density at radius 2 is 1.58 bits per heavy atom.